The SMILES string of the molecule is I.NC(=N[C@@H]1C[C@H]1c1c(F)cccc1F)NC1CCN(Cc2ccccc2)CC1. The first kappa shape index (κ1) is 22.0. The molecule has 2 aromatic carbocycles. The molecule has 1 saturated heterocycles. The van der Waals surface area contributed by atoms with Crippen LogP contribution in [-0.2, 0) is 6.54 Å². The first-order valence-electron chi connectivity index (χ1n) is 9.90. The van der Waals surface area contributed by atoms with E-state index in [4.69, 9.17) is 5.73 Å². The van der Waals surface area contributed by atoms with Crippen molar-refractivity contribution in [3.63, 3.8) is 0 Å². The minimum absolute atomic E-state index is 0. The van der Waals surface area contributed by atoms with E-state index in [1.54, 1.807) is 0 Å². The van der Waals surface area contributed by atoms with Crippen LogP contribution in [0.1, 0.15) is 36.3 Å². The van der Waals surface area contributed by atoms with Crippen molar-refractivity contribution in [2.75, 3.05) is 13.1 Å². The summed E-state index contributed by atoms with van der Waals surface area (Å²) in [6.45, 7) is 2.98. The van der Waals surface area contributed by atoms with Gasteiger partial charge in [0.15, 0.2) is 5.96 Å². The average molecular weight is 512 g/mol. The van der Waals surface area contributed by atoms with Gasteiger partial charge >= 0.3 is 0 Å². The number of nitrogens with one attached hydrogen (secondary N) is 1. The molecule has 156 valence electrons. The number of nitrogens with zero attached hydrogens (tertiary/aromatic N) is 2. The van der Waals surface area contributed by atoms with Crippen LogP contribution in [0.2, 0.25) is 0 Å². The Labute approximate surface area is 187 Å². The van der Waals surface area contributed by atoms with E-state index in [0.29, 0.717) is 12.4 Å². The van der Waals surface area contributed by atoms with Crippen LogP contribution in [0.5, 0.6) is 0 Å². The van der Waals surface area contributed by atoms with Crippen LogP contribution in [0, 0.1) is 11.6 Å². The van der Waals surface area contributed by atoms with E-state index in [-0.39, 0.29) is 47.5 Å². The number of piperidine rings is 1. The molecule has 1 aliphatic carbocycles. The van der Waals surface area contributed by atoms with Crippen LogP contribution < -0.4 is 11.1 Å². The molecular formula is C22H27F2IN4. The average Bonchev–Trinajstić information content (AvgIpc) is 3.42. The molecule has 29 heavy (non-hydrogen) atoms. The van der Waals surface area contributed by atoms with E-state index < -0.39 is 11.6 Å². The van der Waals surface area contributed by atoms with Gasteiger partial charge in [0.25, 0.3) is 0 Å². The molecule has 0 amide bonds. The van der Waals surface area contributed by atoms with Crippen LogP contribution >= 0.6 is 24.0 Å². The van der Waals surface area contributed by atoms with Crippen LogP contribution in [0.3, 0.4) is 0 Å². The zero-order valence-electron chi connectivity index (χ0n) is 16.2. The monoisotopic (exact) mass is 512 g/mol. The summed E-state index contributed by atoms with van der Waals surface area (Å²) < 4.78 is 27.8. The van der Waals surface area contributed by atoms with E-state index in [1.807, 2.05) is 6.07 Å². The van der Waals surface area contributed by atoms with Gasteiger partial charge in [0.2, 0.25) is 0 Å². The highest BCUT2D eigenvalue weighted by atomic mass is 127. The quantitative estimate of drug-likeness (QED) is 0.362. The summed E-state index contributed by atoms with van der Waals surface area (Å²) >= 11 is 0. The van der Waals surface area contributed by atoms with Gasteiger partial charge in [-0.05, 0) is 37.0 Å². The lowest BCUT2D eigenvalue weighted by molar-refractivity contribution is 0.199. The number of rotatable bonds is 5. The molecule has 2 fully saturated rings. The molecule has 0 aromatic heterocycles. The van der Waals surface area contributed by atoms with E-state index in [0.717, 1.165) is 32.5 Å². The summed E-state index contributed by atoms with van der Waals surface area (Å²) in [7, 11) is 0. The van der Waals surface area contributed by atoms with E-state index in [2.05, 4.69) is 39.5 Å². The second-order valence-electron chi connectivity index (χ2n) is 7.74. The van der Waals surface area contributed by atoms with Crippen molar-refractivity contribution in [3.8, 4) is 0 Å². The molecule has 1 heterocycles. The number of halogens is 3. The predicted molar refractivity (Wildman–Crippen MR) is 122 cm³/mol. The molecular weight excluding hydrogens is 485 g/mol. The second-order valence-corrected chi connectivity index (χ2v) is 7.74. The maximum Gasteiger partial charge on any atom is 0.189 e. The smallest absolute Gasteiger partial charge is 0.189 e. The van der Waals surface area contributed by atoms with E-state index in [9.17, 15) is 8.78 Å². The number of likely N-dealkylation sites (tertiary alicyclic amines) is 1. The fourth-order valence-electron chi connectivity index (χ4n) is 4.00. The Kier molecular flexibility index (Phi) is 7.45. The first-order chi connectivity index (χ1) is 13.6. The number of hydrogen-bond donors (Lipinski definition) is 2. The van der Waals surface area contributed by atoms with Crippen molar-refractivity contribution >= 4 is 29.9 Å². The van der Waals surface area contributed by atoms with Crippen molar-refractivity contribution in [1.82, 2.24) is 10.2 Å². The van der Waals surface area contributed by atoms with Gasteiger partial charge in [-0.15, -0.1) is 24.0 Å². The molecule has 0 spiro atoms. The molecule has 4 rings (SSSR count). The maximum absolute atomic E-state index is 13.9. The molecule has 0 radical (unpaired) electrons. The van der Waals surface area contributed by atoms with E-state index in [1.165, 1.54) is 23.8 Å². The lowest BCUT2D eigenvalue weighted by Crippen LogP contribution is -2.47. The summed E-state index contributed by atoms with van der Waals surface area (Å²) in [6, 6.07) is 14.6. The highest BCUT2D eigenvalue weighted by Gasteiger charge is 2.42. The Morgan fingerprint density at radius 3 is 2.34 bits per heavy atom. The zero-order chi connectivity index (χ0) is 19.5. The largest absolute Gasteiger partial charge is 0.370 e. The molecule has 0 bridgehead atoms. The molecule has 7 heteroatoms. The lowest BCUT2D eigenvalue weighted by atomic mass is 10.0. The van der Waals surface area contributed by atoms with Crippen LogP contribution in [0.4, 0.5) is 8.78 Å². The van der Waals surface area contributed by atoms with Crippen LogP contribution in [0.15, 0.2) is 53.5 Å². The minimum atomic E-state index is -0.500. The highest BCUT2D eigenvalue weighted by molar-refractivity contribution is 14.0. The molecule has 0 unspecified atom stereocenters. The van der Waals surface area contributed by atoms with Crippen LogP contribution in [0.25, 0.3) is 0 Å². The standard InChI is InChI=1S/C22H26F2N4.HI/c23-18-7-4-8-19(24)21(18)17-13-20(17)27-22(25)26-16-9-11-28(12-10-16)14-15-5-2-1-3-6-15;/h1-8,16-17,20H,9-14H2,(H3,25,26,27);1H/t17-,20-;/m1./s1. The number of hydrogen-bond acceptors (Lipinski definition) is 2. The van der Waals surface area contributed by atoms with Gasteiger partial charge in [0.1, 0.15) is 11.6 Å². The first-order valence-corrected chi connectivity index (χ1v) is 9.90. The van der Waals surface area contributed by atoms with Crippen molar-refractivity contribution in [3.05, 3.63) is 71.3 Å². The van der Waals surface area contributed by atoms with Gasteiger partial charge < -0.3 is 11.1 Å². The van der Waals surface area contributed by atoms with Gasteiger partial charge in [0.05, 0.1) is 6.04 Å². The van der Waals surface area contributed by atoms with Crippen molar-refractivity contribution < 1.29 is 8.78 Å². The zero-order valence-corrected chi connectivity index (χ0v) is 18.6. The molecule has 3 N–H and O–H groups in total. The summed E-state index contributed by atoms with van der Waals surface area (Å²) in [5.41, 5.74) is 7.52. The Bertz CT molecular complexity index is 818. The molecule has 1 saturated carbocycles. The lowest BCUT2D eigenvalue weighted by Gasteiger charge is -2.32. The number of aliphatic imine (C=N–C) groups is 1. The number of nitrogens with two attached hydrogens (primary N) is 1. The summed E-state index contributed by atoms with van der Waals surface area (Å²) in [5, 5.41) is 3.29. The van der Waals surface area contributed by atoms with Gasteiger partial charge in [0, 0.05) is 37.2 Å². The highest BCUT2D eigenvalue weighted by Crippen LogP contribution is 2.45. The Morgan fingerprint density at radius 1 is 1.03 bits per heavy atom. The Morgan fingerprint density at radius 2 is 1.69 bits per heavy atom. The van der Waals surface area contributed by atoms with Crippen molar-refractivity contribution in [2.24, 2.45) is 10.7 Å². The van der Waals surface area contributed by atoms with Crippen molar-refractivity contribution in [2.45, 2.75) is 43.8 Å². The topological polar surface area (TPSA) is 53.6 Å². The molecule has 2 aromatic rings. The Balaban J connectivity index is 0.00000240. The fourth-order valence-corrected chi connectivity index (χ4v) is 4.00. The predicted octanol–water partition coefficient (Wildman–Crippen LogP) is 4.01. The third-order valence-electron chi connectivity index (χ3n) is 5.62. The summed E-state index contributed by atoms with van der Waals surface area (Å²) in [4.78, 5) is 6.89. The molecule has 2 atom stereocenters. The van der Waals surface area contributed by atoms with Gasteiger partial charge in [-0.3, -0.25) is 4.90 Å². The van der Waals surface area contributed by atoms with Crippen LogP contribution in [-0.4, -0.2) is 36.0 Å². The Hall–Kier alpha value is -1.74. The minimum Gasteiger partial charge on any atom is -0.370 e. The summed E-state index contributed by atoms with van der Waals surface area (Å²) in [6.07, 6.45) is 2.63. The third kappa shape index (κ3) is 5.66. The van der Waals surface area contributed by atoms with Gasteiger partial charge in [-0.25, -0.2) is 13.8 Å². The van der Waals surface area contributed by atoms with Crippen molar-refractivity contribution in [1.29, 1.82) is 0 Å². The second kappa shape index (κ2) is 9.84. The number of benzene rings is 2. The molecule has 2 aliphatic rings. The molecule has 1 aliphatic heterocycles. The fraction of sp³-hybridized carbons (Fsp3) is 0.409. The number of guanidine groups is 1. The third-order valence-corrected chi connectivity index (χ3v) is 5.62. The van der Waals surface area contributed by atoms with Gasteiger partial charge in [-0.2, -0.15) is 0 Å². The van der Waals surface area contributed by atoms with Gasteiger partial charge in [-0.1, -0.05) is 36.4 Å². The summed E-state index contributed by atoms with van der Waals surface area (Å²) in [5.74, 6) is -0.833. The molecule has 4 nitrogen and oxygen atoms in total. The van der Waals surface area contributed by atoms with E-state index >= 15 is 0 Å². The maximum atomic E-state index is 13.9. The normalized spacial score (nSPS) is 22.8.